The van der Waals surface area contributed by atoms with Crippen molar-refractivity contribution in [1.29, 1.82) is 0 Å². The lowest BCUT2D eigenvalue weighted by atomic mass is 10.2. The predicted molar refractivity (Wildman–Crippen MR) is 47.2 cm³/mol. The van der Waals surface area contributed by atoms with Crippen molar-refractivity contribution in [2.75, 3.05) is 7.11 Å². The molecule has 2 aromatic rings. The van der Waals surface area contributed by atoms with E-state index in [1.165, 1.54) is 10.1 Å². The molecular weight excluding hydrogens is 156 g/mol. The number of rotatable bonds is 1. The molecule has 0 aliphatic carbocycles. The van der Waals surface area contributed by atoms with Crippen molar-refractivity contribution in [3.05, 3.63) is 29.6 Å². The zero-order chi connectivity index (χ0) is 7.68. The highest BCUT2D eigenvalue weighted by Crippen LogP contribution is 2.29. The Hall–Kier alpha value is -1.02. The summed E-state index contributed by atoms with van der Waals surface area (Å²) in [4.78, 5) is 0. The number of hydrogen-bond acceptors (Lipinski definition) is 2. The number of thiophene rings is 1. The van der Waals surface area contributed by atoms with E-state index in [9.17, 15) is 0 Å². The SMILES string of the molecule is COc1c[c]cc2ccsc12. The van der Waals surface area contributed by atoms with Crippen LogP contribution in [-0.4, -0.2) is 7.11 Å². The van der Waals surface area contributed by atoms with Gasteiger partial charge in [0.05, 0.1) is 11.8 Å². The van der Waals surface area contributed by atoms with Crippen molar-refractivity contribution in [3.8, 4) is 5.75 Å². The van der Waals surface area contributed by atoms with Gasteiger partial charge in [0.25, 0.3) is 0 Å². The van der Waals surface area contributed by atoms with E-state index in [4.69, 9.17) is 4.74 Å². The molecule has 0 spiro atoms. The first-order chi connectivity index (χ1) is 5.42. The highest BCUT2D eigenvalue weighted by atomic mass is 32.1. The average molecular weight is 163 g/mol. The van der Waals surface area contributed by atoms with Crippen LogP contribution in [0.4, 0.5) is 0 Å². The summed E-state index contributed by atoms with van der Waals surface area (Å²) >= 11 is 1.69. The molecule has 55 valence electrons. The Labute approximate surface area is 69.2 Å². The van der Waals surface area contributed by atoms with Gasteiger partial charge in [0.2, 0.25) is 0 Å². The van der Waals surface area contributed by atoms with Gasteiger partial charge in [0.15, 0.2) is 0 Å². The molecule has 0 unspecified atom stereocenters. The second kappa shape index (κ2) is 2.55. The molecular formula is C9H7OS. The molecule has 0 aliphatic heterocycles. The molecule has 11 heavy (non-hydrogen) atoms. The molecule has 0 N–H and O–H groups in total. The molecule has 1 radical (unpaired) electrons. The Kier molecular flexibility index (Phi) is 1.55. The van der Waals surface area contributed by atoms with E-state index in [1.54, 1.807) is 18.4 Å². The lowest BCUT2D eigenvalue weighted by molar-refractivity contribution is 0.420. The van der Waals surface area contributed by atoms with E-state index in [2.05, 4.69) is 17.5 Å². The third-order valence-corrected chi connectivity index (χ3v) is 2.54. The Morgan fingerprint density at radius 2 is 2.36 bits per heavy atom. The van der Waals surface area contributed by atoms with Crippen molar-refractivity contribution in [2.24, 2.45) is 0 Å². The fourth-order valence-corrected chi connectivity index (χ4v) is 1.93. The summed E-state index contributed by atoms with van der Waals surface area (Å²) in [6, 6.07) is 8.92. The summed E-state index contributed by atoms with van der Waals surface area (Å²) in [6.07, 6.45) is 0. The largest absolute Gasteiger partial charge is 0.495 e. The highest BCUT2D eigenvalue weighted by Gasteiger charge is 1.99. The van der Waals surface area contributed by atoms with Gasteiger partial charge in [-0.1, -0.05) is 0 Å². The van der Waals surface area contributed by atoms with Crippen molar-refractivity contribution in [3.63, 3.8) is 0 Å². The van der Waals surface area contributed by atoms with E-state index < -0.39 is 0 Å². The van der Waals surface area contributed by atoms with Crippen molar-refractivity contribution >= 4 is 21.4 Å². The number of benzene rings is 1. The Morgan fingerprint density at radius 3 is 3.18 bits per heavy atom. The van der Waals surface area contributed by atoms with Gasteiger partial charge in [-0.15, -0.1) is 11.3 Å². The van der Waals surface area contributed by atoms with E-state index in [0.717, 1.165) is 5.75 Å². The minimum Gasteiger partial charge on any atom is -0.495 e. The van der Waals surface area contributed by atoms with Gasteiger partial charge in [-0.3, -0.25) is 0 Å². The van der Waals surface area contributed by atoms with Gasteiger partial charge >= 0.3 is 0 Å². The van der Waals surface area contributed by atoms with Crippen LogP contribution < -0.4 is 4.74 Å². The summed E-state index contributed by atoms with van der Waals surface area (Å²) in [7, 11) is 1.68. The molecule has 0 fully saturated rings. The summed E-state index contributed by atoms with van der Waals surface area (Å²) in [5.41, 5.74) is 0. The van der Waals surface area contributed by atoms with E-state index in [1.807, 2.05) is 12.1 Å². The van der Waals surface area contributed by atoms with Crippen LogP contribution in [0.15, 0.2) is 23.6 Å². The molecule has 2 heteroatoms. The Morgan fingerprint density at radius 1 is 1.45 bits per heavy atom. The normalized spacial score (nSPS) is 10.3. The Balaban J connectivity index is 2.79. The maximum absolute atomic E-state index is 5.16. The van der Waals surface area contributed by atoms with E-state index >= 15 is 0 Å². The van der Waals surface area contributed by atoms with Gasteiger partial charge in [0, 0.05) is 0 Å². The monoisotopic (exact) mass is 163 g/mol. The van der Waals surface area contributed by atoms with Crippen LogP contribution in [0.1, 0.15) is 0 Å². The van der Waals surface area contributed by atoms with Crippen LogP contribution >= 0.6 is 11.3 Å². The van der Waals surface area contributed by atoms with Gasteiger partial charge in [-0.25, -0.2) is 0 Å². The molecule has 1 heterocycles. The maximum atomic E-state index is 5.16. The van der Waals surface area contributed by atoms with Gasteiger partial charge < -0.3 is 4.74 Å². The molecule has 0 atom stereocenters. The molecule has 1 aromatic heterocycles. The number of fused-ring (bicyclic) bond motifs is 1. The van der Waals surface area contributed by atoms with Crippen molar-refractivity contribution in [1.82, 2.24) is 0 Å². The minimum absolute atomic E-state index is 0.914. The molecule has 0 aliphatic rings. The fourth-order valence-electron chi connectivity index (χ4n) is 1.06. The molecule has 0 saturated carbocycles. The zero-order valence-corrected chi connectivity index (χ0v) is 6.94. The van der Waals surface area contributed by atoms with Crippen LogP contribution in [-0.2, 0) is 0 Å². The highest BCUT2D eigenvalue weighted by molar-refractivity contribution is 7.17. The van der Waals surface area contributed by atoms with E-state index in [-0.39, 0.29) is 0 Å². The Bertz CT molecular complexity index is 364. The van der Waals surface area contributed by atoms with Crippen LogP contribution in [0.5, 0.6) is 5.75 Å². The molecule has 0 saturated heterocycles. The predicted octanol–water partition coefficient (Wildman–Crippen LogP) is 2.71. The summed E-state index contributed by atoms with van der Waals surface area (Å²) in [5, 5.41) is 3.26. The molecule has 2 rings (SSSR count). The first kappa shape index (κ1) is 6.68. The fraction of sp³-hybridized carbons (Fsp3) is 0.111. The standard InChI is InChI=1S/C9H7OS/c1-10-8-4-2-3-7-5-6-11-9(7)8/h3-6H,1H3. The molecule has 1 nitrogen and oxygen atoms in total. The van der Waals surface area contributed by atoms with Crippen molar-refractivity contribution in [2.45, 2.75) is 0 Å². The quantitative estimate of drug-likeness (QED) is 0.628. The minimum atomic E-state index is 0.914. The topological polar surface area (TPSA) is 9.23 Å². The maximum Gasteiger partial charge on any atom is 0.137 e. The number of hydrogen-bond donors (Lipinski definition) is 0. The third-order valence-electron chi connectivity index (χ3n) is 1.59. The second-order valence-electron chi connectivity index (χ2n) is 2.23. The zero-order valence-electron chi connectivity index (χ0n) is 6.13. The molecule has 0 amide bonds. The summed E-state index contributed by atoms with van der Waals surface area (Å²) in [5.74, 6) is 0.914. The van der Waals surface area contributed by atoms with Crippen molar-refractivity contribution < 1.29 is 4.74 Å². The summed E-state index contributed by atoms with van der Waals surface area (Å²) < 4.78 is 6.37. The molecule has 0 bridgehead atoms. The van der Waals surface area contributed by atoms with Crippen LogP contribution in [0, 0.1) is 6.07 Å². The lowest BCUT2D eigenvalue weighted by Crippen LogP contribution is -1.80. The van der Waals surface area contributed by atoms with Crippen LogP contribution in [0.2, 0.25) is 0 Å². The van der Waals surface area contributed by atoms with Gasteiger partial charge in [-0.05, 0) is 35.0 Å². The van der Waals surface area contributed by atoms with Crippen LogP contribution in [0.3, 0.4) is 0 Å². The average Bonchev–Trinajstić information content (AvgIpc) is 2.50. The van der Waals surface area contributed by atoms with Gasteiger partial charge in [-0.2, -0.15) is 0 Å². The third kappa shape index (κ3) is 0.994. The molecule has 1 aromatic carbocycles. The second-order valence-corrected chi connectivity index (χ2v) is 3.14. The summed E-state index contributed by atoms with van der Waals surface area (Å²) in [6.45, 7) is 0. The van der Waals surface area contributed by atoms with Crippen LogP contribution in [0.25, 0.3) is 10.1 Å². The van der Waals surface area contributed by atoms with E-state index in [0.29, 0.717) is 0 Å². The smallest absolute Gasteiger partial charge is 0.137 e. The first-order valence-corrected chi connectivity index (χ1v) is 4.21. The number of methoxy groups -OCH3 is 1. The van der Waals surface area contributed by atoms with Gasteiger partial charge in [0.1, 0.15) is 5.75 Å². The lowest BCUT2D eigenvalue weighted by Gasteiger charge is -1.98. The number of ether oxygens (including phenoxy) is 1. The first-order valence-electron chi connectivity index (χ1n) is 3.33.